The molecule has 0 aromatic heterocycles. The fraction of sp³-hybridized carbons (Fsp3) is 0.375. The molecule has 2 bridgehead atoms. The predicted molar refractivity (Wildman–Crippen MR) is 148 cm³/mol. The van der Waals surface area contributed by atoms with Crippen LogP contribution in [0, 0.1) is 11.8 Å². The lowest BCUT2D eigenvalue weighted by atomic mass is 9.59. The maximum absolute atomic E-state index is 13.2. The zero-order valence-electron chi connectivity index (χ0n) is 21.7. The highest BCUT2D eigenvalue weighted by Gasteiger charge is 2.49. The van der Waals surface area contributed by atoms with E-state index in [2.05, 4.69) is 36.2 Å². The number of hydrogen-bond donors (Lipinski definition) is 2. The summed E-state index contributed by atoms with van der Waals surface area (Å²) in [7, 11) is 0. The number of nitrogens with one attached hydrogen (secondary N) is 1. The molecule has 3 aromatic rings. The molecular formula is C32H35N3O2. The summed E-state index contributed by atoms with van der Waals surface area (Å²) in [6, 6.07) is 21.9. The number of benzene rings is 3. The first kappa shape index (κ1) is 23.9. The Bertz CT molecular complexity index is 1340. The normalized spacial score (nSPS) is 24.8. The molecule has 37 heavy (non-hydrogen) atoms. The minimum atomic E-state index is -0.436. The Labute approximate surface area is 219 Å². The lowest BCUT2D eigenvalue weighted by molar-refractivity contribution is 0.0284. The third-order valence-corrected chi connectivity index (χ3v) is 9.22. The molecule has 3 atom stereocenters. The molecule has 1 saturated carbocycles. The predicted octanol–water partition coefficient (Wildman–Crippen LogP) is 5.64. The van der Waals surface area contributed by atoms with Crippen molar-refractivity contribution in [3.8, 4) is 11.1 Å². The van der Waals surface area contributed by atoms with Crippen LogP contribution >= 0.6 is 0 Å². The molecule has 3 aliphatic rings. The Hall–Kier alpha value is -3.44. The molecular weight excluding hydrogens is 458 g/mol. The molecule has 2 amide bonds. The molecule has 3 N–H and O–H groups in total. The molecule has 1 heterocycles. The minimum absolute atomic E-state index is 0.0779. The first-order valence-corrected chi connectivity index (χ1v) is 13.5. The number of nitrogens with zero attached hydrogens (tertiary/aromatic N) is 1. The van der Waals surface area contributed by atoms with Gasteiger partial charge in [0.1, 0.15) is 0 Å². The Morgan fingerprint density at radius 1 is 0.973 bits per heavy atom. The number of likely N-dealkylation sites (tertiary alicyclic amines) is 1. The number of carbonyl (C=O) groups excluding carboxylic acids is 2. The van der Waals surface area contributed by atoms with Crippen molar-refractivity contribution in [3.63, 3.8) is 0 Å². The highest BCUT2D eigenvalue weighted by molar-refractivity contribution is 6.04. The van der Waals surface area contributed by atoms with Gasteiger partial charge in [0.25, 0.3) is 5.91 Å². The van der Waals surface area contributed by atoms with Crippen LogP contribution in [0.1, 0.15) is 65.0 Å². The van der Waals surface area contributed by atoms with Crippen molar-refractivity contribution in [2.75, 3.05) is 18.4 Å². The van der Waals surface area contributed by atoms with E-state index in [1.54, 1.807) is 12.1 Å². The van der Waals surface area contributed by atoms with Crippen molar-refractivity contribution in [2.45, 2.75) is 51.0 Å². The van der Waals surface area contributed by atoms with Gasteiger partial charge in [0.05, 0.1) is 0 Å². The molecule has 0 spiro atoms. The van der Waals surface area contributed by atoms with Gasteiger partial charge >= 0.3 is 0 Å². The average molecular weight is 494 g/mol. The van der Waals surface area contributed by atoms with E-state index in [1.807, 2.05) is 42.5 Å². The Morgan fingerprint density at radius 3 is 2.27 bits per heavy atom. The number of carbonyl (C=O) groups is 2. The van der Waals surface area contributed by atoms with Crippen LogP contribution in [0.15, 0.2) is 66.7 Å². The molecule has 1 saturated heterocycles. The van der Waals surface area contributed by atoms with Gasteiger partial charge < -0.3 is 11.1 Å². The standard InChI is InChI=1S/C32H35N3O2/c1-20-29-18-25-9-10-26(17-28(25)32(20,2)15-16-35(29)19-21-3-4-21)31(37)34-27-13-11-23(12-14-27)22-5-7-24(8-6-22)30(33)36/h5-14,17,20-21,29H,3-4,15-16,18-19H2,1-2H3,(H2,33,36)(H,34,37)/t20?,29?,32-/m0/s1. The fourth-order valence-electron chi connectivity index (χ4n) is 6.48. The largest absolute Gasteiger partial charge is 0.366 e. The van der Waals surface area contributed by atoms with Crippen molar-refractivity contribution < 1.29 is 9.59 Å². The minimum Gasteiger partial charge on any atom is -0.366 e. The summed E-state index contributed by atoms with van der Waals surface area (Å²) in [5.74, 6) is 0.982. The highest BCUT2D eigenvalue weighted by Crippen LogP contribution is 2.49. The van der Waals surface area contributed by atoms with Crippen molar-refractivity contribution in [1.29, 1.82) is 0 Å². The second-order valence-electron chi connectivity index (χ2n) is 11.5. The quantitative estimate of drug-likeness (QED) is 0.467. The molecule has 5 heteroatoms. The number of rotatable bonds is 6. The molecule has 2 fully saturated rings. The Kier molecular flexibility index (Phi) is 5.91. The van der Waals surface area contributed by atoms with Crippen molar-refractivity contribution in [2.24, 2.45) is 17.6 Å². The van der Waals surface area contributed by atoms with Crippen LogP contribution in [-0.4, -0.2) is 35.8 Å². The van der Waals surface area contributed by atoms with Gasteiger partial charge in [0, 0.05) is 29.4 Å². The average Bonchev–Trinajstić information content (AvgIpc) is 3.72. The van der Waals surface area contributed by atoms with E-state index >= 15 is 0 Å². The maximum atomic E-state index is 13.2. The monoisotopic (exact) mass is 493 g/mol. The van der Waals surface area contributed by atoms with E-state index in [9.17, 15) is 9.59 Å². The van der Waals surface area contributed by atoms with Gasteiger partial charge in [0.15, 0.2) is 0 Å². The van der Waals surface area contributed by atoms with Crippen LogP contribution in [-0.2, 0) is 11.8 Å². The highest BCUT2D eigenvalue weighted by atomic mass is 16.2. The lowest BCUT2D eigenvalue weighted by Crippen LogP contribution is -2.58. The number of fused-ring (bicyclic) bond motifs is 4. The Balaban J connectivity index is 1.18. The van der Waals surface area contributed by atoms with Crippen LogP contribution in [0.2, 0.25) is 0 Å². The summed E-state index contributed by atoms with van der Waals surface area (Å²) < 4.78 is 0. The second-order valence-corrected chi connectivity index (χ2v) is 11.5. The molecule has 2 aliphatic carbocycles. The van der Waals surface area contributed by atoms with Gasteiger partial charge in [-0.3, -0.25) is 14.5 Å². The number of nitrogens with two attached hydrogens (primary N) is 1. The molecule has 5 nitrogen and oxygen atoms in total. The summed E-state index contributed by atoms with van der Waals surface area (Å²) in [6.45, 7) is 7.25. The fourth-order valence-corrected chi connectivity index (χ4v) is 6.48. The second kappa shape index (κ2) is 9.14. The van der Waals surface area contributed by atoms with Gasteiger partial charge in [-0.25, -0.2) is 0 Å². The summed E-state index contributed by atoms with van der Waals surface area (Å²) in [5.41, 5.74) is 12.2. The van der Waals surface area contributed by atoms with Crippen molar-refractivity contribution in [3.05, 3.63) is 89.0 Å². The summed E-state index contributed by atoms with van der Waals surface area (Å²) in [4.78, 5) is 27.3. The lowest BCUT2D eigenvalue weighted by Gasteiger charge is -2.55. The number of primary amides is 1. The van der Waals surface area contributed by atoms with E-state index in [4.69, 9.17) is 5.73 Å². The van der Waals surface area contributed by atoms with Crippen LogP contribution in [0.25, 0.3) is 11.1 Å². The van der Waals surface area contributed by atoms with Gasteiger partial charge in [0.2, 0.25) is 5.91 Å². The molecule has 1 aliphatic heterocycles. The molecule has 3 aromatic carbocycles. The van der Waals surface area contributed by atoms with Crippen LogP contribution in [0.4, 0.5) is 5.69 Å². The number of hydrogen-bond acceptors (Lipinski definition) is 3. The third kappa shape index (κ3) is 4.46. The molecule has 190 valence electrons. The third-order valence-electron chi connectivity index (χ3n) is 9.22. The number of amides is 2. The van der Waals surface area contributed by atoms with E-state index < -0.39 is 5.91 Å². The van der Waals surface area contributed by atoms with Crippen LogP contribution in [0.5, 0.6) is 0 Å². The van der Waals surface area contributed by atoms with Crippen molar-refractivity contribution >= 4 is 17.5 Å². The maximum Gasteiger partial charge on any atom is 0.255 e. The zero-order valence-corrected chi connectivity index (χ0v) is 21.7. The smallest absolute Gasteiger partial charge is 0.255 e. The van der Waals surface area contributed by atoms with E-state index in [-0.39, 0.29) is 11.3 Å². The molecule has 0 radical (unpaired) electrons. The van der Waals surface area contributed by atoms with Gasteiger partial charge in [-0.1, -0.05) is 44.2 Å². The SMILES string of the molecule is CC1C2Cc3ccc(C(=O)Nc4ccc(-c5ccc(C(N)=O)cc5)cc4)cc3[C@@]1(C)CCN2CC1CC1. The van der Waals surface area contributed by atoms with Gasteiger partial charge in [-0.15, -0.1) is 0 Å². The van der Waals surface area contributed by atoms with Crippen molar-refractivity contribution in [1.82, 2.24) is 4.90 Å². The number of piperidine rings is 1. The van der Waals surface area contributed by atoms with E-state index in [0.29, 0.717) is 17.5 Å². The molecule has 2 unspecified atom stereocenters. The van der Waals surface area contributed by atoms with E-state index in [0.717, 1.165) is 47.7 Å². The summed E-state index contributed by atoms with van der Waals surface area (Å²) in [6.07, 6.45) is 5.04. The topological polar surface area (TPSA) is 75.4 Å². The Morgan fingerprint density at radius 2 is 1.62 bits per heavy atom. The summed E-state index contributed by atoms with van der Waals surface area (Å²) in [5, 5.41) is 3.07. The van der Waals surface area contributed by atoms with Gasteiger partial charge in [-0.2, -0.15) is 0 Å². The van der Waals surface area contributed by atoms with Crippen LogP contribution in [0.3, 0.4) is 0 Å². The van der Waals surface area contributed by atoms with Gasteiger partial charge in [-0.05, 0) is 108 Å². The zero-order chi connectivity index (χ0) is 25.7. The first-order chi connectivity index (χ1) is 17.8. The van der Waals surface area contributed by atoms with Crippen LogP contribution < -0.4 is 11.1 Å². The van der Waals surface area contributed by atoms with E-state index in [1.165, 1.54) is 30.5 Å². The summed E-state index contributed by atoms with van der Waals surface area (Å²) >= 11 is 0. The number of anilines is 1. The molecule has 6 rings (SSSR count). The first-order valence-electron chi connectivity index (χ1n) is 13.5.